The molecule has 252 valence electrons. The van der Waals surface area contributed by atoms with E-state index in [-0.39, 0.29) is 0 Å². The van der Waals surface area contributed by atoms with Crippen molar-refractivity contribution in [2.75, 3.05) is 86.6 Å². The molecule has 2 saturated heterocycles. The number of H-pyrrole nitrogens is 1. The van der Waals surface area contributed by atoms with Gasteiger partial charge < -0.3 is 30.2 Å². The highest BCUT2D eigenvalue weighted by Crippen LogP contribution is 2.38. The van der Waals surface area contributed by atoms with Crippen LogP contribution in [0.5, 0.6) is 5.75 Å². The highest BCUT2D eigenvalue weighted by atomic mass is 32.2. The highest BCUT2D eigenvalue weighted by Gasteiger charge is 2.27. The molecule has 0 aliphatic carbocycles. The van der Waals surface area contributed by atoms with Crippen LogP contribution in [0.25, 0.3) is 22.1 Å². The van der Waals surface area contributed by atoms with Crippen LogP contribution in [0.15, 0.2) is 55.0 Å². The first kappa shape index (κ1) is 31.8. The number of fused-ring (bicyclic) bond motifs is 2. The second-order valence-corrected chi connectivity index (χ2v) is 14.5. The maximum absolute atomic E-state index is 12.7. The zero-order chi connectivity index (χ0) is 33.4. The number of methoxy groups -OCH3 is 1. The molecule has 2 aliphatic heterocycles. The van der Waals surface area contributed by atoms with Gasteiger partial charge in [0, 0.05) is 82.7 Å². The summed E-state index contributed by atoms with van der Waals surface area (Å²) in [4.78, 5) is 29.0. The molecule has 5 heterocycles. The molecule has 5 aromatic rings. The van der Waals surface area contributed by atoms with Gasteiger partial charge in [0.15, 0.2) is 0 Å². The molecule has 3 aromatic heterocycles. The van der Waals surface area contributed by atoms with Gasteiger partial charge in [-0.3, -0.25) is 19.2 Å². The third-order valence-corrected chi connectivity index (χ3v) is 10.6. The predicted octanol–water partition coefficient (Wildman–Crippen LogP) is 4.01. The van der Waals surface area contributed by atoms with Crippen molar-refractivity contribution in [1.82, 2.24) is 34.7 Å². The fraction of sp³-hybridized carbons (Fsp3) is 0.394. The smallest absolute Gasteiger partial charge is 0.232 e. The molecule has 0 unspecified atom stereocenters. The van der Waals surface area contributed by atoms with Gasteiger partial charge in [-0.1, -0.05) is 0 Å². The van der Waals surface area contributed by atoms with Crippen LogP contribution in [0, 0.1) is 0 Å². The van der Waals surface area contributed by atoms with E-state index in [1.54, 1.807) is 31.6 Å². The lowest BCUT2D eigenvalue weighted by atomic mass is 10.0. The minimum absolute atomic E-state index is 0.338. The van der Waals surface area contributed by atoms with Gasteiger partial charge in [0.2, 0.25) is 16.0 Å². The van der Waals surface area contributed by atoms with Crippen LogP contribution < -0.4 is 24.6 Å². The van der Waals surface area contributed by atoms with Crippen LogP contribution in [0.2, 0.25) is 0 Å². The average Bonchev–Trinajstić information content (AvgIpc) is 3.57. The van der Waals surface area contributed by atoms with E-state index in [0.717, 1.165) is 75.1 Å². The first-order valence-corrected chi connectivity index (χ1v) is 17.9. The van der Waals surface area contributed by atoms with Crippen LogP contribution >= 0.6 is 0 Å². The molecule has 0 radical (unpaired) electrons. The van der Waals surface area contributed by atoms with Crippen LogP contribution in [-0.4, -0.2) is 116 Å². The number of ether oxygens (including phenoxy) is 1. The zero-order valence-corrected chi connectivity index (χ0v) is 28.5. The molecule has 48 heavy (non-hydrogen) atoms. The van der Waals surface area contributed by atoms with Crippen molar-refractivity contribution in [3.8, 4) is 5.75 Å². The Kier molecular flexibility index (Phi) is 8.66. The normalized spacial score (nSPS) is 16.8. The quantitative estimate of drug-likeness (QED) is 0.208. The number of likely N-dealkylation sites (N-methyl/N-ethyl adjacent to an activating group) is 1. The van der Waals surface area contributed by atoms with Crippen LogP contribution in [0.1, 0.15) is 12.8 Å². The molecular weight excluding hydrogens is 631 g/mol. The number of rotatable bonds is 9. The molecule has 0 amide bonds. The van der Waals surface area contributed by atoms with Gasteiger partial charge >= 0.3 is 0 Å². The van der Waals surface area contributed by atoms with Crippen LogP contribution in [0.3, 0.4) is 0 Å². The number of benzene rings is 2. The maximum Gasteiger partial charge on any atom is 0.232 e. The Morgan fingerprint density at radius 1 is 0.938 bits per heavy atom. The first-order valence-electron chi connectivity index (χ1n) is 16.1. The summed E-state index contributed by atoms with van der Waals surface area (Å²) in [6.07, 6.45) is 8.35. The molecule has 14 nitrogen and oxygen atoms in total. The number of piperazine rings is 1. The monoisotopic (exact) mass is 671 g/mol. The third-order valence-electron chi connectivity index (χ3n) is 9.41. The van der Waals surface area contributed by atoms with Gasteiger partial charge in [0.1, 0.15) is 28.4 Å². The number of piperidine rings is 1. The van der Waals surface area contributed by atoms with Gasteiger partial charge in [0.25, 0.3) is 0 Å². The van der Waals surface area contributed by atoms with Crippen LogP contribution in [0.4, 0.5) is 34.5 Å². The molecule has 2 aromatic carbocycles. The van der Waals surface area contributed by atoms with Crippen LogP contribution in [-0.2, 0) is 10.0 Å². The number of hydrogen-bond donors (Lipinski definition) is 3. The van der Waals surface area contributed by atoms with E-state index in [1.807, 2.05) is 12.1 Å². The fourth-order valence-corrected chi connectivity index (χ4v) is 7.12. The second kappa shape index (κ2) is 13.1. The van der Waals surface area contributed by atoms with Gasteiger partial charge in [-0.2, -0.15) is 9.97 Å². The Balaban J connectivity index is 1.14. The Morgan fingerprint density at radius 3 is 2.44 bits per heavy atom. The van der Waals surface area contributed by atoms with E-state index in [9.17, 15) is 8.42 Å². The molecule has 0 saturated carbocycles. The van der Waals surface area contributed by atoms with Crippen molar-refractivity contribution in [3.63, 3.8) is 0 Å². The van der Waals surface area contributed by atoms with E-state index >= 15 is 0 Å². The SMILES string of the molecule is COc1cc(N2CCC(N3CCN(C)CC3)CC2)ccc1Nc1nc(Nc2ccc3nccnc3c2N(C)S(C)(=O)=O)c2cc[nH]c2n1. The largest absolute Gasteiger partial charge is 0.494 e. The minimum Gasteiger partial charge on any atom is -0.494 e. The predicted molar refractivity (Wildman–Crippen MR) is 191 cm³/mol. The summed E-state index contributed by atoms with van der Waals surface area (Å²) >= 11 is 0. The topological polar surface area (TPSA) is 148 Å². The summed E-state index contributed by atoms with van der Waals surface area (Å²) in [5.74, 6) is 1.50. The fourth-order valence-electron chi connectivity index (χ4n) is 6.60. The molecule has 7 rings (SSSR count). The number of nitrogens with zero attached hydrogens (tertiary/aromatic N) is 8. The lowest BCUT2D eigenvalue weighted by molar-refractivity contribution is 0.0982. The summed E-state index contributed by atoms with van der Waals surface area (Å²) in [6, 6.07) is 12.2. The molecule has 0 bridgehead atoms. The van der Waals surface area contributed by atoms with Crippen molar-refractivity contribution in [2.45, 2.75) is 18.9 Å². The van der Waals surface area contributed by atoms with Crippen molar-refractivity contribution in [3.05, 3.63) is 55.0 Å². The Bertz CT molecular complexity index is 2040. The first-order chi connectivity index (χ1) is 23.2. The number of aromatic amines is 1. The van der Waals surface area contributed by atoms with Gasteiger partial charge in [0.05, 0.1) is 35.6 Å². The van der Waals surface area contributed by atoms with Crippen molar-refractivity contribution in [2.24, 2.45) is 0 Å². The maximum atomic E-state index is 12.7. The summed E-state index contributed by atoms with van der Waals surface area (Å²) < 4.78 is 32.4. The van der Waals surface area contributed by atoms with Gasteiger partial charge in [-0.05, 0) is 50.2 Å². The summed E-state index contributed by atoms with van der Waals surface area (Å²) in [7, 11) is 1.74. The molecule has 2 aliphatic rings. The molecule has 0 spiro atoms. The lowest BCUT2D eigenvalue weighted by Crippen LogP contribution is -2.52. The van der Waals surface area contributed by atoms with Crippen molar-refractivity contribution < 1.29 is 13.2 Å². The number of hydrogen-bond acceptors (Lipinski definition) is 12. The Labute approximate surface area is 280 Å². The standard InChI is InChI=1S/C33H41N11O3S/c1-41-17-19-44(20-18-41)22-10-15-43(16-11-22)23-5-6-25(28(21-23)47-3)38-33-39-31-24(9-12-36-31)32(40-33)37-27-8-7-26-29(35-14-13-34-26)30(27)42(2)48(4,45)46/h5-9,12-14,21-22H,10-11,15-20H2,1-4H3,(H3,36,37,38,39,40). The molecule has 3 N–H and O–H groups in total. The van der Waals surface area contributed by atoms with Gasteiger partial charge in [-0.25, -0.2) is 8.42 Å². The van der Waals surface area contributed by atoms with E-state index in [2.05, 4.69) is 59.5 Å². The van der Waals surface area contributed by atoms with E-state index in [1.165, 1.54) is 17.5 Å². The third kappa shape index (κ3) is 6.40. The van der Waals surface area contributed by atoms with Crippen molar-refractivity contribution in [1.29, 1.82) is 0 Å². The average molecular weight is 672 g/mol. The zero-order valence-electron chi connectivity index (χ0n) is 27.6. The summed E-state index contributed by atoms with van der Waals surface area (Å²) in [6.45, 7) is 6.60. The molecule has 0 atom stereocenters. The molecule has 2 fully saturated rings. The van der Waals surface area contributed by atoms with Gasteiger partial charge in [-0.15, -0.1) is 0 Å². The van der Waals surface area contributed by atoms with E-state index < -0.39 is 10.0 Å². The highest BCUT2D eigenvalue weighted by molar-refractivity contribution is 7.92. The Morgan fingerprint density at radius 2 is 1.69 bits per heavy atom. The number of anilines is 6. The number of sulfonamides is 1. The van der Waals surface area contributed by atoms with E-state index in [0.29, 0.717) is 51.6 Å². The lowest BCUT2D eigenvalue weighted by Gasteiger charge is -2.42. The number of aromatic nitrogens is 5. The number of nitrogens with one attached hydrogen (secondary N) is 3. The second-order valence-electron chi connectivity index (χ2n) is 12.4. The molecule has 15 heteroatoms. The van der Waals surface area contributed by atoms with Crippen molar-refractivity contribution >= 4 is 66.6 Å². The molecular formula is C33H41N11O3S. The van der Waals surface area contributed by atoms with E-state index in [4.69, 9.17) is 14.7 Å². The Hall–Kier alpha value is -4.73. The minimum atomic E-state index is -3.62. The summed E-state index contributed by atoms with van der Waals surface area (Å²) in [5.41, 5.74) is 4.34. The summed E-state index contributed by atoms with van der Waals surface area (Å²) in [5, 5.41) is 7.43.